The standard InChI is InChI=1S/C49H58N2O6S/c1-4-7-10-16-33-55-40-27-21-36(22-28-40)48-43-44(46(53)50(45(43)52)38-19-14-13-15-20-38)49(58-48,37-23-29-41(30-24-37)56-34-17-11-8-5-2)51(47(48)54)39-25-31-42(32-26-39)57-35-18-12-9-6-3/h13-15,19-32,43-44H,4-12,16-18,33-35H2,1-3H3. The van der Waals surface area contributed by atoms with Crippen molar-refractivity contribution in [3.8, 4) is 17.2 Å². The molecule has 306 valence electrons. The Morgan fingerprint density at radius 2 is 0.948 bits per heavy atom. The van der Waals surface area contributed by atoms with Gasteiger partial charge in [-0.2, -0.15) is 0 Å². The molecular formula is C49H58N2O6S. The third-order valence-corrected chi connectivity index (χ3v) is 13.8. The lowest BCUT2D eigenvalue weighted by Gasteiger charge is -2.43. The summed E-state index contributed by atoms with van der Waals surface area (Å²) < 4.78 is 17.0. The van der Waals surface area contributed by atoms with Crippen LogP contribution in [-0.2, 0) is 24.0 Å². The van der Waals surface area contributed by atoms with Crippen LogP contribution in [0.5, 0.6) is 17.2 Å². The van der Waals surface area contributed by atoms with Gasteiger partial charge in [0.15, 0.2) is 0 Å². The molecule has 0 spiro atoms. The first-order chi connectivity index (χ1) is 28.4. The minimum Gasteiger partial charge on any atom is -0.494 e. The van der Waals surface area contributed by atoms with Gasteiger partial charge in [-0.3, -0.25) is 19.3 Å². The fourth-order valence-electron chi connectivity index (χ4n) is 8.83. The number of carbonyl (C=O) groups excluding carboxylic acids is 3. The van der Waals surface area contributed by atoms with Crippen molar-refractivity contribution in [3.05, 3.63) is 114 Å². The molecule has 3 saturated heterocycles. The number of hydrogen-bond acceptors (Lipinski definition) is 7. The minimum absolute atomic E-state index is 0.229. The van der Waals surface area contributed by atoms with Gasteiger partial charge in [-0.15, -0.1) is 11.8 Å². The fraction of sp³-hybridized carbons (Fsp3) is 0.449. The van der Waals surface area contributed by atoms with E-state index < -0.39 is 21.5 Å². The Labute approximate surface area is 348 Å². The van der Waals surface area contributed by atoms with Gasteiger partial charge in [0.1, 0.15) is 26.9 Å². The number of imide groups is 1. The lowest BCUT2D eigenvalue weighted by molar-refractivity contribution is -0.132. The summed E-state index contributed by atoms with van der Waals surface area (Å²) in [6, 6.07) is 32.1. The van der Waals surface area contributed by atoms with E-state index in [1.165, 1.54) is 35.9 Å². The highest BCUT2D eigenvalue weighted by molar-refractivity contribution is 8.03. The summed E-state index contributed by atoms with van der Waals surface area (Å²) in [7, 11) is 0. The molecular weight excluding hydrogens is 745 g/mol. The second-order valence-electron chi connectivity index (χ2n) is 15.7. The first kappa shape index (κ1) is 41.4. The maximum absolute atomic E-state index is 15.7. The van der Waals surface area contributed by atoms with Crippen molar-refractivity contribution >= 4 is 40.9 Å². The lowest BCUT2D eigenvalue weighted by atomic mass is 9.69. The van der Waals surface area contributed by atoms with E-state index in [9.17, 15) is 4.79 Å². The zero-order valence-corrected chi connectivity index (χ0v) is 35.1. The van der Waals surface area contributed by atoms with E-state index in [1.54, 1.807) is 17.0 Å². The molecule has 7 rings (SSSR count). The molecule has 0 aromatic heterocycles. The Hall–Kier alpha value is -4.76. The molecule has 3 fully saturated rings. The average Bonchev–Trinajstić information content (AvgIpc) is 3.83. The van der Waals surface area contributed by atoms with Gasteiger partial charge in [0.2, 0.25) is 17.7 Å². The van der Waals surface area contributed by atoms with Gasteiger partial charge < -0.3 is 14.2 Å². The van der Waals surface area contributed by atoms with Crippen molar-refractivity contribution in [2.75, 3.05) is 29.6 Å². The summed E-state index contributed by atoms with van der Waals surface area (Å²) in [6.45, 7) is 8.40. The molecule has 3 aliphatic heterocycles. The SMILES string of the molecule is CCCCCCOc1ccc(N2C(=O)C3(c4ccc(OCCCCCC)cc4)SC2(c2ccc(OCCCCCC)cc2)C2C(=O)N(c4ccccc4)C(=O)C23)cc1. The van der Waals surface area contributed by atoms with E-state index >= 15 is 9.59 Å². The normalized spacial score (nSPS) is 22.2. The quantitative estimate of drug-likeness (QED) is 0.0578. The Bertz CT molecular complexity index is 1990. The van der Waals surface area contributed by atoms with Gasteiger partial charge in [0, 0.05) is 5.69 Å². The number of hydrogen-bond donors (Lipinski definition) is 0. The number of rotatable bonds is 22. The first-order valence-electron chi connectivity index (χ1n) is 21.6. The Kier molecular flexibility index (Phi) is 13.5. The van der Waals surface area contributed by atoms with Gasteiger partial charge in [-0.25, -0.2) is 4.90 Å². The number of unbranched alkanes of at least 4 members (excludes halogenated alkanes) is 9. The lowest BCUT2D eigenvalue weighted by Crippen LogP contribution is -2.58. The van der Waals surface area contributed by atoms with Gasteiger partial charge in [0.05, 0.1) is 37.3 Å². The van der Waals surface area contributed by atoms with Crippen LogP contribution in [0.25, 0.3) is 0 Å². The Morgan fingerprint density at radius 1 is 0.500 bits per heavy atom. The molecule has 58 heavy (non-hydrogen) atoms. The first-order valence-corrected chi connectivity index (χ1v) is 22.4. The van der Waals surface area contributed by atoms with Crippen molar-refractivity contribution in [3.63, 3.8) is 0 Å². The number of para-hydroxylation sites is 1. The van der Waals surface area contributed by atoms with Crippen molar-refractivity contribution in [2.45, 2.75) is 107 Å². The number of piperidine rings is 1. The summed E-state index contributed by atoms with van der Waals surface area (Å²) in [6.07, 6.45) is 13.2. The van der Waals surface area contributed by atoms with E-state index in [1.807, 2.05) is 91.0 Å². The Balaban J connectivity index is 1.31. The molecule has 2 bridgehead atoms. The number of nitrogens with zero attached hydrogens (tertiary/aromatic N) is 2. The van der Waals surface area contributed by atoms with Crippen LogP contribution in [0.2, 0.25) is 0 Å². The summed E-state index contributed by atoms with van der Waals surface area (Å²) in [5.41, 5.74) is 2.57. The van der Waals surface area contributed by atoms with E-state index in [0.717, 1.165) is 74.8 Å². The molecule has 4 atom stereocenters. The second-order valence-corrected chi connectivity index (χ2v) is 17.2. The number of anilines is 2. The molecule has 0 saturated carbocycles. The van der Waals surface area contributed by atoms with Gasteiger partial charge in [-0.05, 0) is 91.1 Å². The molecule has 4 aromatic carbocycles. The van der Waals surface area contributed by atoms with Crippen LogP contribution in [0.4, 0.5) is 11.4 Å². The number of ether oxygens (including phenoxy) is 3. The van der Waals surface area contributed by atoms with Gasteiger partial charge in [-0.1, -0.05) is 121 Å². The molecule has 0 aliphatic carbocycles. The van der Waals surface area contributed by atoms with Crippen LogP contribution in [0.15, 0.2) is 103 Å². The summed E-state index contributed by atoms with van der Waals surface area (Å²) in [4.78, 5) is 47.5. The maximum atomic E-state index is 15.7. The van der Waals surface area contributed by atoms with Crippen LogP contribution >= 0.6 is 11.8 Å². The van der Waals surface area contributed by atoms with Crippen LogP contribution in [0.1, 0.15) is 109 Å². The average molecular weight is 803 g/mol. The highest BCUT2D eigenvalue weighted by Crippen LogP contribution is 2.75. The van der Waals surface area contributed by atoms with Crippen LogP contribution in [0, 0.1) is 11.8 Å². The summed E-state index contributed by atoms with van der Waals surface area (Å²) >= 11 is 1.43. The van der Waals surface area contributed by atoms with Crippen LogP contribution in [0.3, 0.4) is 0 Å². The van der Waals surface area contributed by atoms with Gasteiger partial charge in [0.25, 0.3) is 0 Å². The molecule has 9 heteroatoms. The van der Waals surface area contributed by atoms with Crippen molar-refractivity contribution in [2.24, 2.45) is 11.8 Å². The number of fused-ring (bicyclic) bond motifs is 5. The van der Waals surface area contributed by atoms with E-state index in [-0.39, 0.29) is 17.7 Å². The number of carbonyl (C=O) groups is 3. The third kappa shape index (κ3) is 7.86. The summed E-state index contributed by atoms with van der Waals surface area (Å²) in [5, 5.41) is 0. The predicted molar refractivity (Wildman–Crippen MR) is 233 cm³/mol. The monoisotopic (exact) mass is 802 g/mol. The topological polar surface area (TPSA) is 85.4 Å². The van der Waals surface area contributed by atoms with E-state index in [4.69, 9.17) is 14.2 Å². The minimum atomic E-state index is -1.40. The predicted octanol–water partition coefficient (Wildman–Crippen LogP) is 11.2. The van der Waals surface area contributed by atoms with Crippen molar-refractivity contribution in [1.82, 2.24) is 0 Å². The molecule has 3 heterocycles. The number of benzene rings is 4. The number of amides is 3. The molecule has 0 radical (unpaired) electrons. The van der Waals surface area contributed by atoms with Gasteiger partial charge >= 0.3 is 0 Å². The van der Waals surface area contributed by atoms with Crippen LogP contribution in [-0.4, -0.2) is 37.5 Å². The van der Waals surface area contributed by atoms with Crippen molar-refractivity contribution in [1.29, 1.82) is 0 Å². The Morgan fingerprint density at radius 3 is 1.43 bits per heavy atom. The zero-order chi connectivity index (χ0) is 40.5. The highest BCUT2D eigenvalue weighted by atomic mass is 32.2. The zero-order valence-electron chi connectivity index (χ0n) is 34.3. The molecule has 3 amide bonds. The molecule has 4 aromatic rings. The largest absolute Gasteiger partial charge is 0.494 e. The second kappa shape index (κ2) is 18.9. The third-order valence-electron chi connectivity index (χ3n) is 11.8. The molecule has 4 unspecified atom stereocenters. The fourth-order valence-corrected chi connectivity index (χ4v) is 11.0. The highest BCUT2D eigenvalue weighted by Gasteiger charge is 2.82. The molecule has 0 N–H and O–H groups in total. The van der Waals surface area contributed by atoms with Crippen molar-refractivity contribution < 1.29 is 28.6 Å². The van der Waals surface area contributed by atoms with E-state index in [2.05, 4.69) is 20.8 Å². The molecule has 3 aliphatic rings. The van der Waals surface area contributed by atoms with E-state index in [0.29, 0.717) is 42.5 Å². The maximum Gasteiger partial charge on any atom is 0.250 e. The molecule has 8 nitrogen and oxygen atoms in total. The smallest absolute Gasteiger partial charge is 0.250 e. The van der Waals surface area contributed by atoms with Crippen LogP contribution < -0.4 is 24.0 Å². The number of thioether (sulfide) groups is 1. The summed E-state index contributed by atoms with van der Waals surface area (Å²) in [5.74, 6) is -0.583.